The van der Waals surface area contributed by atoms with E-state index in [0.29, 0.717) is 24.3 Å². The van der Waals surface area contributed by atoms with Crippen LogP contribution in [-0.2, 0) is 17.6 Å². The molecule has 1 aliphatic heterocycles. The van der Waals surface area contributed by atoms with Gasteiger partial charge >= 0.3 is 5.97 Å². The lowest BCUT2D eigenvalue weighted by Gasteiger charge is -2.23. The van der Waals surface area contributed by atoms with Crippen LogP contribution in [0.5, 0.6) is 0 Å². The Labute approximate surface area is 156 Å². The van der Waals surface area contributed by atoms with E-state index >= 15 is 0 Å². The Balaban J connectivity index is 1.73. The molecule has 0 bridgehead atoms. The highest BCUT2D eigenvalue weighted by Crippen LogP contribution is 2.31. The number of carboxylic acids is 1. The summed E-state index contributed by atoms with van der Waals surface area (Å²) >= 11 is 0. The van der Waals surface area contributed by atoms with Gasteiger partial charge in [-0.1, -0.05) is 6.07 Å². The van der Waals surface area contributed by atoms with Crippen LogP contribution in [0.25, 0.3) is 5.69 Å². The molecule has 2 atom stereocenters. The first-order valence-electron chi connectivity index (χ1n) is 9.38. The minimum atomic E-state index is -0.870. The smallest absolute Gasteiger partial charge is 0.308 e. The summed E-state index contributed by atoms with van der Waals surface area (Å²) in [6.45, 7) is 2.19. The van der Waals surface area contributed by atoms with Gasteiger partial charge in [0.2, 0.25) is 0 Å². The highest BCUT2D eigenvalue weighted by Gasteiger charge is 2.40. The molecule has 0 saturated carbocycles. The lowest BCUT2D eigenvalue weighted by atomic mass is 9.95. The molecule has 2 heterocycles. The fourth-order valence-corrected chi connectivity index (χ4v) is 4.28. The van der Waals surface area contributed by atoms with Crippen LogP contribution in [0.1, 0.15) is 47.9 Å². The number of hydrogen-bond donors (Lipinski definition) is 1. The number of carboxylic acid groups (broad SMARTS) is 1. The fourth-order valence-electron chi connectivity index (χ4n) is 4.28. The van der Waals surface area contributed by atoms with Crippen LogP contribution in [0.3, 0.4) is 0 Å². The van der Waals surface area contributed by atoms with Crippen LogP contribution >= 0.6 is 0 Å². The average Bonchev–Trinajstić information content (AvgIpc) is 3.22. The number of benzene rings is 1. The van der Waals surface area contributed by atoms with Gasteiger partial charge in [0.1, 0.15) is 5.82 Å². The van der Waals surface area contributed by atoms with Gasteiger partial charge in [-0.15, -0.1) is 0 Å². The van der Waals surface area contributed by atoms with E-state index in [2.05, 4.69) is 5.10 Å². The Morgan fingerprint density at radius 3 is 2.74 bits per heavy atom. The third-order valence-electron chi connectivity index (χ3n) is 5.77. The zero-order chi connectivity index (χ0) is 19.1. The minimum absolute atomic E-state index is 0.223. The van der Waals surface area contributed by atoms with Gasteiger partial charge in [0.05, 0.1) is 11.6 Å². The van der Waals surface area contributed by atoms with Crippen LogP contribution in [0.15, 0.2) is 24.3 Å². The third kappa shape index (κ3) is 3.01. The molecule has 2 aromatic rings. The van der Waals surface area contributed by atoms with Gasteiger partial charge in [-0.25, -0.2) is 9.07 Å². The van der Waals surface area contributed by atoms with E-state index in [1.54, 1.807) is 28.6 Å². The average molecular weight is 371 g/mol. The zero-order valence-electron chi connectivity index (χ0n) is 15.2. The third-order valence-corrected chi connectivity index (χ3v) is 5.77. The molecule has 1 aliphatic carbocycles. The van der Waals surface area contributed by atoms with Crippen molar-refractivity contribution in [1.82, 2.24) is 14.7 Å². The molecule has 2 unspecified atom stereocenters. The maximum atomic E-state index is 13.7. The first-order chi connectivity index (χ1) is 13.0. The topological polar surface area (TPSA) is 75.4 Å². The number of aromatic nitrogens is 2. The second-order valence-electron chi connectivity index (χ2n) is 7.35. The first kappa shape index (κ1) is 17.7. The second-order valence-corrected chi connectivity index (χ2v) is 7.35. The Morgan fingerprint density at radius 1 is 1.26 bits per heavy atom. The van der Waals surface area contributed by atoms with E-state index in [1.165, 1.54) is 12.1 Å². The molecule has 1 amide bonds. The standard InChI is InChI=1S/C20H22FN3O3/c1-12-15(20(26)27)9-10-23(12)19(25)18-16-7-2-3-8-17(16)24(22-18)14-6-4-5-13(21)11-14/h4-6,11-12,15H,2-3,7-10H2,1H3,(H,26,27). The number of fused-ring (bicyclic) bond motifs is 1. The van der Waals surface area contributed by atoms with Gasteiger partial charge in [0.15, 0.2) is 5.69 Å². The van der Waals surface area contributed by atoms with E-state index in [-0.39, 0.29) is 17.8 Å². The normalized spacial score (nSPS) is 21.9. The predicted molar refractivity (Wildman–Crippen MR) is 96.4 cm³/mol. The van der Waals surface area contributed by atoms with Gasteiger partial charge in [0.25, 0.3) is 5.91 Å². The number of nitrogens with zero attached hydrogens (tertiary/aromatic N) is 3. The van der Waals surface area contributed by atoms with E-state index in [1.807, 2.05) is 0 Å². The lowest BCUT2D eigenvalue weighted by Crippen LogP contribution is -2.38. The molecular formula is C20H22FN3O3. The van der Waals surface area contributed by atoms with Crippen LogP contribution in [0.2, 0.25) is 0 Å². The Morgan fingerprint density at radius 2 is 2.04 bits per heavy atom. The number of halogens is 1. The molecule has 0 spiro atoms. The number of carbonyl (C=O) groups is 2. The molecule has 142 valence electrons. The number of rotatable bonds is 3. The number of likely N-dealkylation sites (tertiary alicyclic amines) is 1. The summed E-state index contributed by atoms with van der Waals surface area (Å²) in [5.74, 6) is -1.99. The molecule has 1 saturated heterocycles. The maximum Gasteiger partial charge on any atom is 0.308 e. The molecule has 27 heavy (non-hydrogen) atoms. The monoisotopic (exact) mass is 371 g/mol. The van der Waals surface area contributed by atoms with Crippen LogP contribution in [0.4, 0.5) is 4.39 Å². The number of aliphatic carboxylic acids is 1. The molecule has 1 N–H and O–H groups in total. The van der Waals surface area contributed by atoms with Crippen molar-refractivity contribution in [2.75, 3.05) is 6.54 Å². The molecule has 4 rings (SSSR count). The van der Waals surface area contributed by atoms with Crippen LogP contribution in [0, 0.1) is 11.7 Å². The van der Waals surface area contributed by atoms with Crippen LogP contribution < -0.4 is 0 Å². The van der Waals surface area contributed by atoms with Crippen molar-refractivity contribution in [2.24, 2.45) is 5.92 Å². The van der Waals surface area contributed by atoms with Gasteiger partial charge in [0, 0.05) is 23.8 Å². The largest absolute Gasteiger partial charge is 0.481 e. The van der Waals surface area contributed by atoms with Gasteiger partial charge in [-0.2, -0.15) is 5.10 Å². The van der Waals surface area contributed by atoms with Crippen molar-refractivity contribution in [1.29, 1.82) is 0 Å². The molecule has 1 aromatic heterocycles. The highest BCUT2D eigenvalue weighted by atomic mass is 19.1. The van der Waals surface area contributed by atoms with E-state index in [9.17, 15) is 19.1 Å². The first-order valence-corrected chi connectivity index (χ1v) is 9.38. The summed E-state index contributed by atoms with van der Waals surface area (Å²) in [4.78, 5) is 26.2. The summed E-state index contributed by atoms with van der Waals surface area (Å²) in [7, 11) is 0. The Bertz CT molecular complexity index is 908. The van der Waals surface area contributed by atoms with Crippen LogP contribution in [-0.4, -0.2) is 44.3 Å². The summed E-state index contributed by atoms with van der Waals surface area (Å²) in [5, 5.41) is 13.9. The van der Waals surface area contributed by atoms with Crippen molar-refractivity contribution in [3.8, 4) is 5.69 Å². The molecule has 6 nitrogen and oxygen atoms in total. The van der Waals surface area contributed by atoms with Gasteiger partial charge < -0.3 is 10.0 Å². The molecule has 0 radical (unpaired) electrons. The Kier molecular flexibility index (Phi) is 4.45. The molecule has 2 aliphatic rings. The summed E-state index contributed by atoms with van der Waals surface area (Å²) in [6, 6.07) is 5.83. The quantitative estimate of drug-likeness (QED) is 0.900. The van der Waals surface area contributed by atoms with Gasteiger partial charge in [-0.05, 0) is 57.2 Å². The van der Waals surface area contributed by atoms with Crippen molar-refractivity contribution < 1.29 is 19.1 Å². The SMILES string of the molecule is CC1C(C(=O)O)CCN1C(=O)c1nn(-c2cccc(F)c2)c2c1CCCC2. The molecule has 7 heteroatoms. The lowest BCUT2D eigenvalue weighted by molar-refractivity contribution is -0.142. The minimum Gasteiger partial charge on any atom is -0.481 e. The van der Waals surface area contributed by atoms with Crippen molar-refractivity contribution in [3.63, 3.8) is 0 Å². The summed E-state index contributed by atoms with van der Waals surface area (Å²) in [6.07, 6.45) is 3.99. The predicted octanol–water partition coefficient (Wildman–Crippen LogP) is 2.83. The van der Waals surface area contributed by atoms with Gasteiger partial charge in [-0.3, -0.25) is 9.59 Å². The van der Waals surface area contributed by atoms with Crippen molar-refractivity contribution in [3.05, 3.63) is 47.0 Å². The molecular weight excluding hydrogens is 349 g/mol. The van der Waals surface area contributed by atoms with E-state index < -0.39 is 11.9 Å². The Hall–Kier alpha value is -2.70. The number of amides is 1. The maximum absolute atomic E-state index is 13.7. The van der Waals surface area contributed by atoms with Crippen molar-refractivity contribution in [2.45, 2.75) is 45.1 Å². The second kappa shape index (κ2) is 6.79. The highest BCUT2D eigenvalue weighted by molar-refractivity contribution is 5.95. The molecule has 1 aromatic carbocycles. The van der Waals surface area contributed by atoms with E-state index in [4.69, 9.17) is 0 Å². The van der Waals surface area contributed by atoms with Crippen molar-refractivity contribution >= 4 is 11.9 Å². The fraction of sp³-hybridized carbons (Fsp3) is 0.450. The summed E-state index contributed by atoms with van der Waals surface area (Å²) < 4.78 is 15.4. The zero-order valence-corrected chi connectivity index (χ0v) is 15.2. The van der Waals surface area contributed by atoms with E-state index in [0.717, 1.165) is 36.9 Å². The summed E-state index contributed by atoms with van der Waals surface area (Å²) in [5.41, 5.74) is 2.86. The number of carbonyl (C=O) groups excluding carboxylic acids is 1. The number of hydrogen-bond acceptors (Lipinski definition) is 3. The molecule has 1 fully saturated rings.